The minimum absolute atomic E-state index is 0.424. The molecule has 0 aliphatic heterocycles. The van der Waals surface area contributed by atoms with Crippen LogP contribution in [0.3, 0.4) is 0 Å². The number of hydrogen-bond acceptors (Lipinski definition) is 2. The van der Waals surface area contributed by atoms with Gasteiger partial charge in [-0.3, -0.25) is 4.79 Å². The molecular formula is C6H8NO3. The number of carboxylic acid groups (broad SMARTS) is 1. The molecule has 4 heteroatoms. The van der Waals surface area contributed by atoms with E-state index < -0.39 is 5.97 Å². The first kappa shape index (κ1) is 8.68. The fourth-order valence-electron chi connectivity index (χ4n) is 0.391. The lowest BCUT2D eigenvalue weighted by atomic mass is 10.4. The Morgan fingerprint density at radius 1 is 1.70 bits per heavy atom. The van der Waals surface area contributed by atoms with Crippen molar-refractivity contribution >= 4 is 12.4 Å². The largest absolute Gasteiger partial charge is 0.478 e. The van der Waals surface area contributed by atoms with Crippen LogP contribution < -0.4 is 5.32 Å². The monoisotopic (exact) mass is 142 g/mol. The topological polar surface area (TPSA) is 66.4 Å². The number of carbonyl (C=O) groups excluding carboxylic acids is 1. The summed E-state index contributed by atoms with van der Waals surface area (Å²) in [5, 5.41) is 10.4. The summed E-state index contributed by atoms with van der Waals surface area (Å²) in [6, 6.07) is 0. The summed E-state index contributed by atoms with van der Waals surface area (Å²) in [7, 11) is 0. The maximum Gasteiger partial charge on any atom is 0.327 e. The molecule has 0 aliphatic carbocycles. The van der Waals surface area contributed by atoms with E-state index in [0.29, 0.717) is 13.0 Å². The van der Waals surface area contributed by atoms with E-state index in [1.54, 1.807) is 0 Å². The molecule has 0 aliphatic rings. The minimum Gasteiger partial charge on any atom is -0.478 e. The van der Waals surface area contributed by atoms with Crippen molar-refractivity contribution in [2.24, 2.45) is 0 Å². The SMILES string of the molecule is O=[C]NCC/C=C/C(=O)O. The Morgan fingerprint density at radius 3 is 2.90 bits per heavy atom. The molecule has 0 fully saturated rings. The summed E-state index contributed by atoms with van der Waals surface area (Å²) in [6.07, 6.45) is 4.49. The van der Waals surface area contributed by atoms with E-state index in [1.165, 1.54) is 12.5 Å². The molecule has 0 aromatic heterocycles. The van der Waals surface area contributed by atoms with E-state index in [1.807, 2.05) is 0 Å². The lowest BCUT2D eigenvalue weighted by Crippen LogP contribution is -2.10. The zero-order valence-corrected chi connectivity index (χ0v) is 5.33. The maximum absolute atomic E-state index is 9.85. The average Bonchev–Trinajstić information content (AvgIpc) is 1.87. The summed E-state index contributed by atoms with van der Waals surface area (Å²) < 4.78 is 0. The van der Waals surface area contributed by atoms with Crippen molar-refractivity contribution in [3.05, 3.63) is 12.2 Å². The molecule has 0 rings (SSSR count). The molecule has 0 aromatic carbocycles. The van der Waals surface area contributed by atoms with Crippen molar-refractivity contribution in [2.45, 2.75) is 6.42 Å². The summed E-state index contributed by atoms with van der Waals surface area (Å²) in [4.78, 5) is 19.4. The first-order chi connectivity index (χ1) is 4.77. The molecule has 1 amide bonds. The number of carboxylic acids is 1. The Hall–Kier alpha value is -1.32. The van der Waals surface area contributed by atoms with Crippen molar-refractivity contribution in [1.29, 1.82) is 0 Å². The number of aliphatic carboxylic acids is 1. The van der Waals surface area contributed by atoms with Gasteiger partial charge in [-0.15, -0.1) is 0 Å². The molecule has 2 N–H and O–H groups in total. The second kappa shape index (κ2) is 5.81. The summed E-state index contributed by atoms with van der Waals surface area (Å²) in [5.74, 6) is -0.977. The van der Waals surface area contributed by atoms with E-state index in [-0.39, 0.29) is 0 Å². The van der Waals surface area contributed by atoms with Gasteiger partial charge in [-0.2, -0.15) is 0 Å². The van der Waals surface area contributed by atoms with Gasteiger partial charge < -0.3 is 10.4 Å². The minimum atomic E-state index is -0.977. The van der Waals surface area contributed by atoms with Crippen LogP contribution in [0.4, 0.5) is 0 Å². The molecule has 0 saturated carbocycles. The number of rotatable bonds is 5. The van der Waals surface area contributed by atoms with Crippen LogP contribution in [-0.4, -0.2) is 24.0 Å². The van der Waals surface area contributed by atoms with Gasteiger partial charge in [0.25, 0.3) is 0 Å². The van der Waals surface area contributed by atoms with E-state index in [0.717, 1.165) is 6.08 Å². The van der Waals surface area contributed by atoms with Crippen LogP contribution in [0.1, 0.15) is 6.42 Å². The van der Waals surface area contributed by atoms with E-state index in [4.69, 9.17) is 5.11 Å². The van der Waals surface area contributed by atoms with Gasteiger partial charge in [0.1, 0.15) is 0 Å². The van der Waals surface area contributed by atoms with Gasteiger partial charge >= 0.3 is 12.4 Å². The van der Waals surface area contributed by atoms with Gasteiger partial charge in [-0.05, 0) is 6.42 Å². The van der Waals surface area contributed by atoms with Crippen molar-refractivity contribution in [3.63, 3.8) is 0 Å². The van der Waals surface area contributed by atoms with Gasteiger partial charge in [0, 0.05) is 12.6 Å². The number of amides is 1. The highest BCUT2D eigenvalue weighted by atomic mass is 16.4. The van der Waals surface area contributed by atoms with E-state index >= 15 is 0 Å². The fourth-order valence-corrected chi connectivity index (χ4v) is 0.391. The third-order valence-corrected chi connectivity index (χ3v) is 0.769. The Labute approximate surface area is 58.5 Å². The molecule has 10 heavy (non-hydrogen) atoms. The molecule has 1 radical (unpaired) electrons. The Morgan fingerprint density at radius 2 is 2.40 bits per heavy atom. The van der Waals surface area contributed by atoms with Crippen LogP contribution in [0.5, 0.6) is 0 Å². The van der Waals surface area contributed by atoms with Gasteiger partial charge in [0.15, 0.2) is 0 Å². The lowest BCUT2D eigenvalue weighted by Gasteiger charge is -1.88. The molecule has 0 aromatic rings. The standard InChI is InChI=1S/C6H8NO3/c8-5-7-4-2-1-3-6(9)10/h1,3H,2,4H2,(H,7,8)(H,9,10)/b3-1+. The highest BCUT2D eigenvalue weighted by Gasteiger charge is 1.83. The highest BCUT2D eigenvalue weighted by Crippen LogP contribution is 1.78. The summed E-state index contributed by atoms with van der Waals surface area (Å²) in [6.45, 7) is 0.424. The molecule has 0 atom stereocenters. The second-order valence-corrected chi connectivity index (χ2v) is 1.56. The van der Waals surface area contributed by atoms with Crippen LogP contribution in [-0.2, 0) is 9.59 Å². The average molecular weight is 142 g/mol. The molecule has 0 bridgehead atoms. The quantitative estimate of drug-likeness (QED) is 0.314. The number of hydrogen-bond donors (Lipinski definition) is 2. The predicted molar refractivity (Wildman–Crippen MR) is 35.1 cm³/mol. The van der Waals surface area contributed by atoms with E-state index in [9.17, 15) is 9.59 Å². The van der Waals surface area contributed by atoms with Crippen LogP contribution in [0, 0.1) is 0 Å². The molecule has 0 spiro atoms. The first-order valence-electron chi connectivity index (χ1n) is 2.77. The molecule has 0 unspecified atom stereocenters. The van der Waals surface area contributed by atoms with Crippen molar-refractivity contribution < 1.29 is 14.7 Å². The third kappa shape index (κ3) is 6.68. The fraction of sp³-hybridized carbons (Fsp3) is 0.333. The highest BCUT2D eigenvalue weighted by molar-refractivity contribution is 5.79. The van der Waals surface area contributed by atoms with Crippen molar-refractivity contribution in [3.8, 4) is 0 Å². The summed E-state index contributed by atoms with van der Waals surface area (Å²) in [5.41, 5.74) is 0. The summed E-state index contributed by atoms with van der Waals surface area (Å²) >= 11 is 0. The van der Waals surface area contributed by atoms with Crippen LogP contribution in [0.2, 0.25) is 0 Å². The number of nitrogens with one attached hydrogen (secondary N) is 1. The van der Waals surface area contributed by atoms with Crippen LogP contribution in [0.15, 0.2) is 12.2 Å². The van der Waals surface area contributed by atoms with Crippen molar-refractivity contribution in [1.82, 2.24) is 5.32 Å². The molecular weight excluding hydrogens is 134 g/mol. The smallest absolute Gasteiger partial charge is 0.327 e. The van der Waals surface area contributed by atoms with Gasteiger partial charge in [0.2, 0.25) is 0 Å². The molecule has 0 heterocycles. The molecule has 0 saturated heterocycles. The number of carbonyl (C=O) groups is 1. The predicted octanol–water partition coefficient (Wildman–Crippen LogP) is -0.326. The Bertz CT molecular complexity index is 142. The zero-order chi connectivity index (χ0) is 7.82. The van der Waals surface area contributed by atoms with Crippen LogP contribution >= 0.6 is 0 Å². The van der Waals surface area contributed by atoms with Crippen molar-refractivity contribution in [2.75, 3.05) is 6.54 Å². The first-order valence-corrected chi connectivity index (χ1v) is 2.77. The molecule has 4 nitrogen and oxygen atoms in total. The third-order valence-electron chi connectivity index (χ3n) is 0.769. The van der Waals surface area contributed by atoms with Gasteiger partial charge in [-0.1, -0.05) is 6.08 Å². The zero-order valence-electron chi connectivity index (χ0n) is 5.33. The van der Waals surface area contributed by atoms with Gasteiger partial charge in [0.05, 0.1) is 0 Å². The van der Waals surface area contributed by atoms with Gasteiger partial charge in [-0.25, -0.2) is 4.79 Å². The second-order valence-electron chi connectivity index (χ2n) is 1.56. The Kier molecular flexibility index (Phi) is 5.04. The Balaban J connectivity index is 3.18. The van der Waals surface area contributed by atoms with E-state index in [2.05, 4.69) is 5.32 Å². The van der Waals surface area contributed by atoms with Crippen LogP contribution in [0.25, 0.3) is 0 Å². The maximum atomic E-state index is 9.85. The lowest BCUT2D eigenvalue weighted by molar-refractivity contribution is -0.131. The molecule has 55 valence electrons. The normalized spacial score (nSPS) is 9.60.